The number of amides is 2. The minimum absolute atomic E-state index is 0.0560. The van der Waals surface area contributed by atoms with E-state index in [4.69, 9.17) is 11.6 Å². The summed E-state index contributed by atoms with van der Waals surface area (Å²) in [6, 6.07) is 12.2. The van der Waals surface area contributed by atoms with E-state index in [0.29, 0.717) is 22.7 Å². The molecule has 3 N–H and O–H groups in total. The second-order valence-electron chi connectivity index (χ2n) is 11.0. The first-order valence-corrected chi connectivity index (χ1v) is 14.6. The predicted octanol–water partition coefficient (Wildman–Crippen LogP) is 5.88. The van der Waals surface area contributed by atoms with Crippen LogP contribution in [0.4, 0.5) is 33.6 Å². The number of aryl methyl sites for hydroxylation is 2. The smallest absolute Gasteiger partial charge is 0.321 e. The fourth-order valence-electron chi connectivity index (χ4n) is 5.60. The van der Waals surface area contributed by atoms with E-state index >= 15 is 0 Å². The van der Waals surface area contributed by atoms with E-state index in [-0.39, 0.29) is 6.03 Å². The van der Waals surface area contributed by atoms with Crippen molar-refractivity contribution in [2.75, 3.05) is 42.6 Å². The fraction of sp³-hybridized carbons (Fsp3) is 0.323. The average Bonchev–Trinajstić information content (AvgIpc) is 3.00. The molecule has 6 rings (SSSR count). The molecule has 2 amide bonds. The highest BCUT2D eigenvalue weighted by Crippen LogP contribution is 2.28. The number of piperidine rings is 1. The van der Waals surface area contributed by atoms with Crippen LogP contribution >= 0.6 is 11.6 Å². The van der Waals surface area contributed by atoms with Gasteiger partial charge in [0.15, 0.2) is 5.82 Å². The molecular weight excluding hydrogens is 550 g/mol. The van der Waals surface area contributed by atoms with E-state index in [9.17, 15) is 4.79 Å². The van der Waals surface area contributed by atoms with Crippen LogP contribution in [0.25, 0.3) is 0 Å². The molecule has 2 aliphatic rings. The van der Waals surface area contributed by atoms with Crippen LogP contribution in [0.1, 0.15) is 29.5 Å². The summed E-state index contributed by atoms with van der Waals surface area (Å²) in [7, 11) is 2.18. The number of nitrogens with one attached hydrogen (secondary N) is 3. The van der Waals surface area contributed by atoms with Crippen molar-refractivity contribution in [1.82, 2.24) is 29.7 Å². The Bertz CT molecular complexity index is 1540. The molecule has 0 spiro atoms. The second-order valence-corrected chi connectivity index (χ2v) is 11.4. The van der Waals surface area contributed by atoms with Gasteiger partial charge in [-0.1, -0.05) is 17.7 Å². The standard InChI is InChI=1S/C31H34ClN9O/c1-40(19-21-8-11-41(12-9-21)31(42)38-26-3-2-10-33-16-26)20-24-6-7-25-14-23(24)5-4-22-13-27(17-34-15-22)37-30-35-18-28(32)29(36-25)39-30/h2-3,6-7,10,13-18,21H,4-5,8-9,11-12,19-20H2,1H3,(H,38,42)(H2,35,36,37,39). The van der Waals surface area contributed by atoms with Gasteiger partial charge in [0.05, 0.1) is 30.0 Å². The molecule has 4 aromatic rings. The van der Waals surface area contributed by atoms with E-state index in [0.717, 1.165) is 74.5 Å². The lowest BCUT2D eigenvalue weighted by Crippen LogP contribution is -2.43. The number of urea groups is 1. The van der Waals surface area contributed by atoms with Gasteiger partial charge < -0.3 is 25.8 Å². The normalized spacial score (nSPS) is 15.1. The van der Waals surface area contributed by atoms with Crippen LogP contribution < -0.4 is 16.0 Å². The van der Waals surface area contributed by atoms with E-state index in [1.165, 1.54) is 11.1 Å². The number of rotatable bonds is 5. The topological polar surface area (TPSA) is 111 Å². The number of fused-ring (bicyclic) bond motifs is 6. The maximum atomic E-state index is 12.7. The molecule has 2 aliphatic heterocycles. The fourth-order valence-corrected chi connectivity index (χ4v) is 5.74. The van der Waals surface area contributed by atoms with Gasteiger partial charge in [0.1, 0.15) is 5.02 Å². The van der Waals surface area contributed by atoms with E-state index in [1.807, 2.05) is 23.2 Å². The number of hydrogen-bond donors (Lipinski definition) is 3. The van der Waals surface area contributed by atoms with Gasteiger partial charge in [0.2, 0.25) is 5.95 Å². The third-order valence-electron chi connectivity index (χ3n) is 7.77. The summed E-state index contributed by atoms with van der Waals surface area (Å²) in [5.74, 6) is 1.55. The van der Waals surface area contributed by atoms with Crippen molar-refractivity contribution in [3.05, 3.63) is 89.1 Å². The Morgan fingerprint density at radius 3 is 2.76 bits per heavy atom. The number of halogens is 1. The number of nitrogens with zero attached hydrogens (tertiary/aromatic N) is 6. The predicted molar refractivity (Wildman–Crippen MR) is 166 cm³/mol. The Morgan fingerprint density at radius 2 is 1.93 bits per heavy atom. The number of aromatic nitrogens is 4. The van der Waals surface area contributed by atoms with Gasteiger partial charge in [0, 0.05) is 44.3 Å². The third kappa shape index (κ3) is 6.95. The SMILES string of the molecule is CN(Cc1ccc2cc1CCc1cncc(c1)Nc1ncc(Cl)c(n1)N2)CC1CCN(C(=O)Nc2cccnc2)CC1. The van der Waals surface area contributed by atoms with Crippen molar-refractivity contribution < 1.29 is 4.79 Å². The lowest BCUT2D eigenvalue weighted by Gasteiger charge is -2.34. The molecule has 0 aliphatic carbocycles. The van der Waals surface area contributed by atoms with Gasteiger partial charge in [-0.05, 0) is 85.7 Å². The number of likely N-dealkylation sites (tertiary alicyclic amines) is 1. The highest BCUT2D eigenvalue weighted by atomic mass is 35.5. The van der Waals surface area contributed by atoms with Crippen LogP contribution in [-0.2, 0) is 19.4 Å². The number of benzene rings is 1. The molecule has 1 fully saturated rings. The molecule has 0 radical (unpaired) electrons. The zero-order valence-electron chi connectivity index (χ0n) is 23.6. The van der Waals surface area contributed by atoms with E-state index < -0.39 is 0 Å². The number of anilines is 5. The maximum absolute atomic E-state index is 12.7. The zero-order chi connectivity index (χ0) is 28.9. The Balaban J connectivity index is 1.11. The van der Waals surface area contributed by atoms with Crippen molar-refractivity contribution in [3.8, 4) is 0 Å². The molecular formula is C31H34ClN9O. The summed E-state index contributed by atoms with van der Waals surface area (Å²) in [4.78, 5) is 34.4. The lowest BCUT2D eigenvalue weighted by atomic mass is 9.95. The lowest BCUT2D eigenvalue weighted by molar-refractivity contribution is 0.162. The van der Waals surface area contributed by atoms with Crippen molar-refractivity contribution in [1.29, 1.82) is 0 Å². The summed E-state index contributed by atoms with van der Waals surface area (Å²) >= 11 is 6.43. The van der Waals surface area contributed by atoms with E-state index in [1.54, 1.807) is 24.8 Å². The van der Waals surface area contributed by atoms with Gasteiger partial charge in [-0.25, -0.2) is 9.78 Å². The Morgan fingerprint density at radius 1 is 1.05 bits per heavy atom. The van der Waals surface area contributed by atoms with Crippen LogP contribution in [0.2, 0.25) is 5.02 Å². The second kappa shape index (κ2) is 12.7. The maximum Gasteiger partial charge on any atom is 0.321 e. The van der Waals surface area contributed by atoms with E-state index in [2.05, 4.69) is 72.1 Å². The van der Waals surface area contributed by atoms with Crippen molar-refractivity contribution in [2.24, 2.45) is 5.92 Å². The van der Waals surface area contributed by atoms with Gasteiger partial charge in [0.25, 0.3) is 0 Å². The van der Waals surface area contributed by atoms with Crippen LogP contribution in [-0.4, -0.2) is 62.4 Å². The minimum Gasteiger partial charge on any atom is -0.339 e. The van der Waals surface area contributed by atoms with Gasteiger partial charge in [-0.2, -0.15) is 4.98 Å². The first kappa shape index (κ1) is 27.9. The summed E-state index contributed by atoms with van der Waals surface area (Å²) in [5.41, 5.74) is 6.21. The highest BCUT2D eigenvalue weighted by molar-refractivity contribution is 6.32. The molecule has 216 valence electrons. The molecule has 1 saturated heterocycles. The molecule has 42 heavy (non-hydrogen) atoms. The average molecular weight is 584 g/mol. The summed E-state index contributed by atoms with van der Waals surface area (Å²) in [5, 5.41) is 10.0. The molecule has 0 atom stereocenters. The molecule has 10 nitrogen and oxygen atoms in total. The monoisotopic (exact) mass is 583 g/mol. The van der Waals surface area contributed by atoms with Crippen molar-refractivity contribution in [2.45, 2.75) is 32.2 Å². The number of carbonyl (C=O) groups excluding carboxylic acids is 1. The van der Waals surface area contributed by atoms with Gasteiger partial charge in [-0.3, -0.25) is 9.97 Å². The van der Waals surface area contributed by atoms with Crippen LogP contribution in [0.15, 0.2) is 67.4 Å². The summed E-state index contributed by atoms with van der Waals surface area (Å²) in [6.07, 6.45) is 12.4. The van der Waals surface area contributed by atoms with Crippen molar-refractivity contribution in [3.63, 3.8) is 0 Å². The first-order chi connectivity index (χ1) is 20.5. The quantitative estimate of drug-likeness (QED) is 0.267. The van der Waals surface area contributed by atoms with Crippen LogP contribution in [0.5, 0.6) is 0 Å². The molecule has 1 aromatic carbocycles. The number of hydrogen-bond acceptors (Lipinski definition) is 8. The zero-order valence-corrected chi connectivity index (χ0v) is 24.3. The van der Waals surface area contributed by atoms with Gasteiger partial charge in [-0.15, -0.1) is 0 Å². The molecule has 3 aromatic heterocycles. The summed E-state index contributed by atoms with van der Waals surface area (Å²) in [6.45, 7) is 3.33. The molecule has 5 heterocycles. The van der Waals surface area contributed by atoms with Crippen molar-refractivity contribution >= 4 is 46.5 Å². The third-order valence-corrected chi connectivity index (χ3v) is 8.05. The Labute approximate surface area is 250 Å². The van der Waals surface area contributed by atoms with Crippen LogP contribution in [0, 0.1) is 5.92 Å². The summed E-state index contributed by atoms with van der Waals surface area (Å²) < 4.78 is 0. The molecule has 6 bridgehead atoms. The van der Waals surface area contributed by atoms with Gasteiger partial charge >= 0.3 is 6.03 Å². The van der Waals surface area contributed by atoms with Crippen LogP contribution in [0.3, 0.4) is 0 Å². The highest BCUT2D eigenvalue weighted by Gasteiger charge is 2.24. The first-order valence-electron chi connectivity index (χ1n) is 14.3. The number of pyridine rings is 2. The Kier molecular flexibility index (Phi) is 8.43. The minimum atomic E-state index is -0.0560. The molecule has 0 unspecified atom stereocenters. The Hall–Kier alpha value is -4.28. The number of carbonyl (C=O) groups is 1. The largest absolute Gasteiger partial charge is 0.339 e. The molecule has 11 heteroatoms. The molecule has 0 saturated carbocycles.